The summed E-state index contributed by atoms with van der Waals surface area (Å²) in [6.45, 7) is 6.30. The van der Waals surface area contributed by atoms with Gasteiger partial charge in [-0.25, -0.2) is 4.39 Å². The topological polar surface area (TPSA) is 32.3 Å². The van der Waals surface area contributed by atoms with E-state index in [4.69, 9.17) is 11.6 Å². The summed E-state index contributed by atoms with van der Waals surface area (Å²) < 4.78 is 13.5. The molecule has 0 radical (unpaired) electrons. The number of halogens is 2. The van der Waals surface area contributed by atoms with Gasteiger partial charge in [0.05, 0.1) is 0 Å². The lowest BCUT2D eigenvalue weighted by Gasteiger charge is -2.18. The molecule has 0 bridgehead atoms. The number of hydrogen-bond donors (Lipinski definition) is 1. The van der Waals surface area contributed by atoms with Crippen molar-refractivity contribution >= 4 is 17.5 Å². The van der Waals surface area contributed by atoms with Crippen LogP contribution >= 0.6 is 11.6 Å². The maximum atomic E-state index is 13.5. The molecule has 1 rings (SSSR count). The first-order valence-corrected chi connectivity index (χ1v) is 6.88. The van der Waals surface area contributed by atoms with E-state index in [1.54, 1.807) is 17.0 Å². The van der Waals surface area contributed by atoms with Gasteiger partial charge in [-0.2, -0.15) is 0 Å². The predicted octanol–water partition coefficient (Wildman–Crippen LogP) is 2.83. The van der Waals surface area contributed by atoms with Gasteiger partial charge in [0.2, 0.25) is 5.91 Å². The minimum atomic E-state index is -0.324. The molecule has 0 heterocycles. The zero-order valence-corrected chi connectivity index (χ0v) is 12.1. The second-order valence-electron chi connectivity index (χ2n) is 4.23. The van der Waals surface area contributed by atoms with Crippen LogP contribution in [0.1, 0.15) is 25.8 Å². The Bertz CT molecular complexity index is 422. The smallest absolute Gasteiger partial charge is 0.223 e. The Hall–Kier alpha value is -1.13. The molecule has 0 unspecified atom stereocenters. The average molecular weight is 287 g/mol. The van der Waals surface area contributed by atoms with Gasteiger partial charge < -0.3 is 10.2 Å². The maximum Gasteiger partial charge on any atom is 0.223 e. The van der Waals surface area contributed by atoms with Gasteiger partial charge in [-0.3, -0.25) is 4.79 Å². The van der Waals surface area contributed by atoms with E-state index in [0.717, 1.165) is 13.1 Å². The molecule has 0 spiro atoms. The molecule has 0 saturated carbocycles. The summed E-state index contributed by atoms with van der Waals surface area (Å²) in [6.07, 6.45) is 0.427. The quantitative estimate of drug-likeness (QED) is 0.782. The first-order chi connectivity index (χ1) is 9.08. The molecule has 19 heavy (non-hydrogen) atoms. The highest BCUT2D eigenvalue weighted by Gasteiger charge is 2.08. The molecule has 0 aliphatic carbocycles. The van der Waals surface area contributed by atoms with Gasteiger partial charge in [-0.1, -0.05) is 17.7 Å². The standard InChI is InChI=1S/C14H20ClFN2O/c1-3-18(4-2)14(19)7-8-17-10-11-5-6-12(15)9-13(11)16/h5-6,9,17H,3-4,7-8,10H2,1-2H3. The lowest BCUT2D eigenvalue weighted by atomic mass is 10.2. The Morgan fingerprint density at radius 3 is 2.63 bits per heavy atom. The van der Waals surface area contributed by atoms with Gasteiger partial charge in [0.15, 0.2) is 0 Å². The molecule has 0 fully saturated rings. The fourth-order valence-electron chi connectivity index (χ4n) is 1.82. The number of nitrogens with one attached hydrogen (secondary N) is 1. The van der Waals surface area contributed by atoms with Gasteiger partial charge in [0.1, 0.15) is 5.82 Å². The van der Waals surface area contributed by atoms with E-state index in [-0.39, 0.29) is 11.7 Å². The molecule has 1 amide bonds. The molecule has 1 N–H and O–H groups in total. The van der Waals surface area contributed by atoms with Crippen molar-refractivity contribution in [3.05, 3.63) is 34.6 Å². The number of benzene rings is 1. The predicted molar refractivity (Wildman–Crippen MR) is 75.7 cm³/mol. The van der Waals surface area contributed by atoms with Crippen LogP contribution in [0.5, 0.6) is 0 Å². The van der Waals surface area contributed by atoms with Gasteiger partial charge in [0.25, 0.3) is 0 Å². The molecular formula is C14H20ClFN2O. The Labute approximate surface area is 118 Å². The zero-order valence-electron chi connectivity index (χ0n) is 11.4. The molecule has 1 aromatic rings. The van der Waals surface area contributed by atoms with Crippen molar-refractivity contribution in [3.63, 3.8) is 0 Å². The number of nitrogens with zero attached hydrogens (tertiary/aromatic N) is 1. The highest BCUT2D eigenvalue weighted by atomic mass is 35.5. The minimum Gasteiger partial charge on any atom is -0.343 e. The Morgan fingerprint density at radius 2 is 2.05 bits per heavy atom. The van der Waals surface area contributed by atoms with E-state index in [9.17, 15) is 9.18 Å². The third-order valence-electron chi connectivity index (χ3n) is 2.96. The van der Waals surface area contributed by atoms with E-state index in [1.807, 2.05) is 13.8 Å². The van der Waals surface area contributed by atoms with Crippen LogP contribution in [0.2, 0.25) is 5.02 Å². The highest BCUT2D eigenvalue weighted by Crippen LogP contribution is 2.14. The van der Waals surface area contributed by atoms with E-state index in [0.29, 0.717) is 30.1 Å². The van der Waals surface area contributed by atoms with E-state index in [1.165, 1.54) is 6.07 Å². The first kappa shape index (κ1) is 15.9. The summed E-state index contributed by atoms with van der Waals surface area (Å²) in [6, 6.07) is 4.60. The largest absolute Gasteiger partial charge is 0.343 e. The lowest BCUT2D eigenvalue weighted by molar-refractivity contribution is -0.130. The van der Waals surface area contributed by atoms with Gasteiger partial charge in [0, 0.05) is 43.2 Å². The van der Waals surface area contributed by atoms with E-state index >= 15 is 0 Å². The van der Waals surface area contributed by atoms with Crippen molar-refractivity contribution in [1.29, 1.82) is 0 Å². The third kappa shape index (κ3) is 5.17. The summed E-state index contributed by atoms with van der Waals surface area (Å²) in [4.78, 5) is 13.5. The van der Waals surface area contributed by atoms with Gasteiger partial charge >= 0.3 is 0 Å². The molecular weight excluding hydrogens is 267 g/mol. The van der Waals surface area contributed by atoms with Crippen LogP contribution in [-0.2, 0) is 11.3 Å². The number of amides is 1. The second-order valence-corrected chi connectivity index (χ2v) is 4.66. The molecule has 106 valence electrons. The molecule has 0 aromatic heterocycles. The average Bonchev–Trinajstić information content (AvgIpc) is 2.38. The minimum absolute atomic E-state index is 0.120. The molecule has 0 aliphatic heterocycles. The lowest BCUT2D eigenvalue weighted by Crippen LogP contribution is -2.32. The van der Waals surface area contributed by atoms with Crippen LogP contribution in [-0.4, -0.2) is 30.4 Å². The van der Waals surface area contributed by atoms with Crippen molar-refractivity contribution in [2.45, 2.75) is 26.8 Å². The summed E-state index contributed by atoms with van der Waals surface area (Å²) in [7, 11) is 0. The van der Waals surface area contributed by atoms with Crippen molar-refractivity contribution in [2.75, 3.05) is 19.6 Å². The summed E-state index contributed by atoms with van der Waals surface area (Å²) >= 11 is 5.68. The molecule has 5 heteroatoms. The Kier molecular flexibility index (Phi) is 6.81. The third-order valence-corrected chi connectivity index (χ3v) is 3.20. The summed E-state index contributed by atoms with van der Waals surface area (Å²) in [5.74, 6) is -0.204. The summed E-state index contributed by atoms with van der Waals surface area (Å²) in [5, 5.41) is 3.45. The van der Waals surface area contributed by atoms with E-state index in [2.05, 4.69) is 5.32 Å². The van der Waals surface area contributed by atoms with Crippen LogP contribution in [0.15, 0.2) is 18.2 Å². The van der Waals surface area contributed by atoms with Crippen LogP contribution < -0.4 is 5.32 Å². The maximum absolute atomic E-state index is 13.5. The molecule has 3 nitrogen and oxygen atoms in total. The van der Waals surface area contributed by atoms with Crippen molar-refractivity contribution in [3.8, 4) is 0 Å². The normalized spacial score (nSPS) is 10.5. The van der Waals surface area contributed by atoms with Crippen LogP contribution in [0.4, 0.5) is 4.39 Å². The molecule has 1 aromatic carbocycles. The highest BCUT2D eigenvalue weighted by molar-refractivity contribution is 6.30. The fraction of sp³-hybridized carbons (Fsp3) is 0.500. The fourth-order valence-corrected chi connectivity index (χ4v) is 1.98. The van der Waals surface area contributed by atoms with Crippen molar-refractivity contribution in [2.24, 2.45) is 0 Å². The molecule has 0 aliphatic rings. The molecule has 0 atom stereocenters. The first-order valence-electron chi connectivity index (χ1n) is 6.50. The van der Waals surface area contributed by atoms with Crippen molar-refractivity contribution < 1.29 is 9.18 Å². The number of carbonyl (C=O) groups is 1. The van der Waals surface area contributed by atoms with Crippen LogP contribution in [0.3, 0.4) is 0 Å². The monoisotopic (exact) mass is 286 g/mol. The summed E-state index contributed by atoms with van der Waals surface area (Å²) in [5.41, 5.74) is 0.555. The number of rotatable bonds is 7. The second kappa shape index (κ2) is 8.12. The Morgan fingerprint density at radius 1 is 1.37 bits per heavy atom. The Balaban J connectivity index is 2.33. The van der Waals surface area contributed by atoms with Crippen LogP contribution in [0.25, 0.3) is 0 Å². The van der Waals surface area contributed by atoms with Gasteiger partial charge in [-0.05, 0) is 26.0 Å². The van der Waals surface area contributed by atoms with Gasteiger partial charge in [-0.15, -0.1) is 0 Å². The zero-order chi connectivity index (χ0) is 14.3. The SMILES string of the molecule is CCN(CC)C(=O)CCNCc1ccc(Cl)cc1F. The van der Waals surface area contributed by atoms with Crippen molar-refractivity contribution in [1.82, 2.24) is 10.2 Å². The van der Waals surface area contributed by atoms with Crippen LogP contribution in [0, 0.1) is 5.82 Å². The number of carbonyl (C=O) groups excluding carboxylic acids is 1. The number of hydrogen-bond acceptors (Lipinski definition) is 2. The molecule has 0 saturated heterocycles. The van der Waals surface area contributed by atoms with E-state index < -0.39 is 0 Å².